The highest BCUT2D eigenvalue weighted by Gasteiger charge is 2.34. The first-order valence-corrected chi connectivity index (χ1v) is 14.4. The number of rotatable bonds is 10. The highest BCUT2D eigenvalue weighted by atomic mass is 35.5. The number of sulfonamides is 1. The van der Waals surface area contributed by atoms with Crippen molar-refractivity contribution in [2.45, 2.75) is 30.8 Å². The predicted molar refractivity (Wildman–Crippen MR) is 149 cm³/mol. The third kappa shape index (κ3) is 6.31. The fraction of sp³-hybridized carbons (Fsp3) is 0.286. The molecule has 0 saturated heterocycles. The van der Waals surface area contributed by atoms with Gasteiger partial charge in [-0.2, -0.15) is 0 Å². The summed E-state index contributed by atoms with van der Waals surface area (Å²) in [7, 11) is -2.91. The van der Waals surface area contributed by atoms with Crippen LogP contribution in [0, 0.1) is 5.82 Å². The molecule has 0 saturated carbocycles. The molecule has 3 aromatic carbocycles. The third-order valence-corrected chi connectivity index (χ3v) is 8.56. The van der Waals surface area contributed by atoms with Gasteiger partial charge in [0.1, 0.15) is 31.6 Å². The predicted octanol–water partition coefficient (Wildman–Crippen LogP) is 4.00. The molecule has 3 aromatic rings. The molecule has 12 heteroatoms. The molecule has 0 bridgehead atoms. The summed E-state index contributed by atoms with van der Waals surface area (Å²) in [5.41, 5.74) is 0.651. The molecule has 0 aromatic heterocycles. The van der Waals surface area contributed by atoms with Crippen LogP contribution in [0.3, 0.4) is 0 Å². The number of carbonyl (C=O) groups is 2. The Hall–Kier alpha value is -3.83. The van der Waals surface area contributed by atoms with Gasteiger partial charge in [-0.1, -0.05) is 36.7 Å². The lowest BCUT2D eigenvalue weighted by molar-refractivity contribution is -0.140. The molecule has 212 valence electrons. The number of anilines is 1. The molecular formula is C28H29ClFN3O6S. The van der Waals surface area contributed by atoms with Crippen LogP contribution in [0.1, 0.15) is 18.9 Å². The summed E-state index contributed by atoms with van der Waals surface area (Å²) >= 11 is 6.36. The SMILES string of the molecule is CCC(C(=O)NC)N(Cc1ccccc1Cl)C(=O)CN(c1ccc(F)cc1)S(=O)(=O)c1ccc2c(c1)OCCO2. The van der Waals surface area contributed by atoms with Gasteiger partial charge in [0.05, 0.1) is 10.6 Å². The van der Waals surface area contributed by atoms with E-state index in [9.17, 15) is 22.4 Å². The Morgan fingerprint density at radius 2 is 1.70 bits per heavy atom. The Balaban J connectivity index is 1.75. The van der Waals surface area contributed by atoms with E-state index < -0.39 is 40.2 Å². The number of benzene rings is 3. The summed E-state index contributed by atoms with van der Waals surface area (Å²) in [6, 6.07) is 14.9. The van der Waals surface area contributed by atoms with Gasteiger partial charge in [0.15, 0.2) is 11.5 Å². The minimum Gasteiger partial charge on any atom is -0.486 e. The molecular weight excluding hydrogens is 561 g/mol. The maximum atomic E-state index is 14.0. The molecule has 4 rings (SSSR count). The highest BCUT2D eigenvalue weighted by molar-refractivity contribution is 7.92. The molecule has 1 N–H and O–H groups in total. The molecule has 1 aliphatic heterocycles. The van der Waals surface area contributed by atoms with Crippen molar-refractivity contribution in [1.29, 1.82) is 0 Å². The van der Waals surface area contributed by atoms with Crippen LogP contribution in [0.25, 0.3) is 0 Å². The Morgan fingerprint density at radius 1 is 1.02 bits per heavy atom. The van der Waals surface area contributed by atoms with Crippen LogP contribution >= 0.6 is 11.6 Å². The van der Waals surface area contributed by atoms with Crippen LogP contribution in [-0.2, 0) is 26.2 Å². The molecule has 0 aliphatic carbocycles. The van der Waals surface area contributed by atoms with Gasteiger partial charge in [0.2, 0.25) is 11.8 Å². The van der Waals surface area contributed by atoms with Gasteiger partial charge in [-0.3, -0.25) is 13.9 Å². The third-order valence-electron chi connectivity index (χ3n) is 6.43. The molecule has 0 spiro atoms. The number of fused-ring (bicyclic) bond motifs is 1. The second-order valence-electron chi connectivity index (χ2n) is 8.94. The number of halogens is 2. The number of nitrogens with zero attached hydrogens (tertiary/aromatic N) is 2. The van der Waals surface area contributed by atoms with Crippen molar-refractivity contribution in [3.63, 3.8) is 0 Å². The first-order valence-electron chi connectivity index (χ1n) is 12.6. The van der Waals surface area contributed by atoms with E-state index in [1.807, 2.05) is 0 Å². The molecule has 9 nitrogen and oxygen atoms in total. The fourth-order valence-electron chi connectivity index (χ4n) is 4.34. The van der Waals surface area contributed by atoms with Crippen LogP contribution in [0.5, 0.6) is 11.5 Å². The molecule has 0 fully saturated rings. The summed E-state index contributed by atoms with van der Waals surface area (Å²) in [5.74, 6) is -0.981. The van der Waals surface area contributed by atoms with E-state index in [1.165, 1.54) is 42.3 Å². The Labute approximate surface area is 237 Å². The average molecular weight is 590 g/mol. The second-order valence-corrected chi connectivity index (χ2v) is 11.2. The van der Waals surface area contributed by atoms with Gasteiger partial charge in [0, 0.05) is 24.7 Å². The van der Waals surface area contributed by atoms with E-state index in [0.29, 0.717) is 22.9 Å². The first kappa shape index (κ1) is 29.2. The molecule has 1 heterocycles. The number of hydrogen-bond donors (Lipinski definition) is 1. The lowest BCUT2D eigenvalue weighted by Crippen LogP contribution is -2.51. The van der Waals surface area contributed by atoms with Crippen molar-refractivity contribution < 1.29 is 31.9 Å². The molecule has 40 heavy (non-hydrogen) atoms. The zero-order valence-corrected chi connectivity index (χ0v) is 23.5. The standard InChI is InChI=1S/C28H29ClFN3O6S/c1-3-24(28(35)31-2)32(17-19-6-4-5-7-23(19)29)27(34)18-33(21-10-8-20(30)9-11-21)40(36,37)22-12-13-25-26(16-22)39-15-14-38-25/h4-13,16,24H,3,14-15,17-18H2,1-2H3,(H,31,35). The van der Waals surface area contributed by atoms with Crippen LogP contribution in [0.2, 0.25) is 5.02 Å². The molecule has 1 atom stereocenters. The summed E-state index contributed by atoms with van der Waals surface area (Å²) in [6.07, 6.45) is 0.265. The van der Waals surface area contributed by atoms with Crippen LogP contribution in [0.4, 0.5) is 10.1 Å². The largest absolute Gasteiger partial charge is 0.486 e. The zero-order chi connectivity index (χ0) is 28.9. The number of carbonyl (C=O) groups excluding carboxylic acids is 2. The van der Waals surface area contributed by atoms with Gasteiger partial charge in [-0.05, 0) is 54.4 Å². The Kier molecular flexibility index (Phi) is 9.16. The van der Waals surface area contributed by atoms with Crippen LogP contribution in [-0.4, -0.2) is 58.0 Å². The van der Waals surface area contributed by atoms with E-state index in [0.717, 1.165) is 16.4 Å². The number of nitrogens with one attached hydrogen (secondary N) is 1. The van der Waals surface area contributed by atoms with E-state index >= 15 is 0 Å². The first-order chi connectivity index (χ1) is 19.1. The minimum atomic E-state index is -4.37. The van der Waals surface area contributed by atoms with Crippen molar-refractivity contribution in [3.05, 3.63) is 83.1 Å². The maximum Gasteiger partial charge on any atom is 0.264 e. The minimum absolute atomic E-state index is 0.0359. The monoisotopic (exact) mass is 589 g/mol. The Morgan fingerprint density at radius 3 is 2.35 bits per heavy atom. The van der Waals surface area contributed by atoms with Gasteiger partial charge < -0.3 is 19.7 Å². The topological polar surface area (TPSA) is 105 Å². The second kappa shape index (κ2) is 12.6. The average Bonchev–Trinajstić information content (AvgIpc) is 2.96. The summed E-state index contributed by atoms with van der Waals surface area (Å²) in [5, 5.41) is 2.96. The zero-order valence-electron chi connectivity index (χ0n) is 22.0. The van der Waals surface area contributed by atoms with Crippen molar-refractivity contribution >= 4 is 39.1 Å². The number of likely N-dealkylation sites (N-methyl/N-ethyl adjacent to an activating group) is 1. The van der Waals surface area contributed by atoms with Crippen molar-refractivity contribution in [1.82, 2.24) is 10.2 Å². The van der Waals surface area contributed by atoms with E-state index in [4.69, 9.17) is 21.1 Å². The van der Waals surface area contributed by atoms with E-state index in [2.05, 4.69) is 5.32 Å². The van der Waals surface area contributed by atoms with Crippen LogP contribution < -0.4 is 19.1 Å². The van der Waals surface area contributed by atoms with Crippen molar-refractivity contribution in [3.8, 4) is 11.5 Å². The summed E-state index contributed by atoms with van der Waals surface area (Å²) in [4.78, 5) is 27.8. The van der Waals surface area contributed by atoms with Gasteiger partial charge >= 0.3 is 0 Å². The molecule has 1 unspecified atom stereocenters. The quantitative estimate of drug-likeness (QED) is 0.383. The number of amides is 2. The highest BCUT2D eigenvalue weighted by Crippen LogP contribution is 2.34. The molecule has 1 aliphatic rings. The van der Waals surface area contributed by atoms with E-state index in [-0.39, 0.29) is 35.9 Å². The normalized spacial score (nSPS) is 13.3. The number of ether oxygens (including phenoxy) is 2. The van der Waals surface area contributed by atoms with E-state index in [1.54, 1.807) is 31.2 Å². The number of hydrogen-bond acceptors (Lipinski definition) is 6. The molecule has 2 amide bonds. The van der Waals surface area contributed by atoms with Crippen LogP contribution in [0.15, 0.2) is 71.6 Å². The molecule has 0 radical (unpaired) electrons. The fourth-order valence-corrected chi connectivity index (χ4v) is 5.97. The lowest BCUT2D eigenvalue weighted by Gasteiger charge is -2.33. The Bertz CT molecular complexity index is 1490. The van der Waals surface area contributed by atoms with Gasteiger partial charge in [-0.25, -0.2) is 12.8 Å². The smallest absolute Gasteiger partial charge is 0.264 e. The van der Waals surface area contributed by atoms with Gasteiger partial charge in [0.25, 0.3) is 10.0 Å². The maximum absolute atomic E-state index is 14.0. The summed E-state index contributed by atoms with van der Waals surface area (Å²) in [6.45, 7) is 1.63. The van der Waals surface area contributed by atoms with Crippen molar-refractivity contribution in [2.24, 2.45) is 0 Å². The van der Waals surface area contributed by atoms with Crippen molar-refractivity contribution in [2.75, 3.05) is 31.1 Å². The van der Waals surface area contributed by atoms with Gasteiger partial charge in [-0.15, -0.1) is 0 Å². The lowest BCUT2D eigenvalue weighted by atomic mass is 10.1. The summed E-state index contributed by atoms with van der Waals surface area (Å²) < 4.78 is 53.7.